The summed E-state index contributed by atoms with van der Waals surface area (Å²) in [5.74, 6) is -0.995. The molecule has 1 aliphatic carbocycles. The van der Waals surface area contributed by atoms with Crippen LogP contribution in [0.4, 0.5) is 19.0 Å². The normalized spacial score (nSPS) is 34.4. The summed E-state index contributed by atoms with van der Waals surface area (Å²) >= 11 is 0. The second-order valence-electron chi connectivity index (χ2n) is 11.4. The molecule has 1 amide bonds. The van der Waals surface area contributed by atoms with Crippen molar-refractivity contribution in [3.63, 3.8) is 0 Å². The summed E-state index contributed by atoms with van der Waals surface area (Å²) in [5, 5.41) is 14.9. The molecule has 206 valence electrons. The summed E-state index contributed by atoms with van der Waals surface area (Å²) < 4.78 is 50.5. The molecule has 3 aliphatic heterocycles. The molecule has 5 rings (SSSR count). The lowest BCUT2D eigenvalue weighted by molar-refractivity contribution is -0.159. The number of ether oxygens (including phenoxy) is 2. The number of alkyl halides is 3. The van der Waals surface area contributed by atoms with Gasteiger partial charge in [0.15, 0.2) is 0 Å². The maximum absolute atomic E-state index is 14.1. The molecular weight excluding hydrogens is 491 g/mol. The first kappa shape index (κ1) is 26.6. The third kappa shape index (κ3) is 4.81. The minimum atomic E-state index is -4.61. The highest BCUT2D eigenvalue weighted by atomic mass is 19.4. The highest BCUT2D eigenvalue weighted by Gasteiger charge is 2.59. The quantitative estimate of drug-likeness (QED) is 0.580. The van der Waals surface area contributed by atoms with Crippen LogP contribution in [0.5, 0.6) is 0 Å². The molecule has 2 bridgehead atoms. The predicted molar refractivity (Wildman–Crippen MR) is 128 cm³/mol. The van der Waals surface area contributed by atoms with Gasteiger partial charge in [-0.25, -0.2) is 9.97 Å². The van der Waals surface area contributed by atoms with Crippen molar-refractivity contribution in [2.75, 3.05) is 38.3 Å². The van der Waals surface area contributed by atoms with E-state index in [0.29, 0.717) is 45.6 Å². The van der Waals surface area contributed by atoms with Gasteiger partial charge < -0.3 is 29.7 Å². The van der Waals surface area contributed by atoms with Gasteiger partial charge in [0.25, 0.3) is 0 Å². The zero-order chi connectivity index (χ0) is 26.6. The van der Waals surface area contributed by atoms with Gasteiger partial charge in [0.05, 0.1) is 35.8 Å². The molecule has 4 aliphatic rings. The summed E-state index contributed by atoms with van der Waals surface area (Å²) in [7, 11) is 1.67. The Bertz CT molecular complexity index is 1010. The molecule has 37 heavy (non-hydrogen) atoms. The average Bonchev–Trinajstić information content (AvgIpc) is 3.58. The number of aromatic nitrogens is 2. The van der Waals surface area contributed by atoms with Crippen molar-refractivity contribution in [2.24, 2.45) is 5.41 Å². The largest absolute Gasteiger partial charge is 0.451 e. The van der Waals surface area contributed by atoms with E-state index < -0.39 is 23.0 Å². The third-order valence-corrected chi connectivity index (χ3v) is 8.84. The highest BCUT2D eigenvalue weighted by Crippen LogP contribution is 2.50. The van der Waals surface area contributed by atoms with Gasteiger partial charge in [-0.05, 0) is 52.0 Å². The molecule has 2 N–H and O–H groups in total. The number of halogens is 3. The Labute approximate surface area is 214 Å². The van der Waals surface area contributed by atoms with E-state index in [0.717, 1.165) is 19.0 Å². The Morgan fingerprint density at radius 2 is 2.05 bits per heavy atom. The zero-order valence-corrected chi connectivity index (χ0v) is 21.5. The second kappa shape index (κ2) is 9.62. The van der Waals surface area contributed by atoms with Gasteiger partial charge in [-0.1, -0.05) is 0 Å². The van der Waals surface area contributed by atoms with Crippen LogP contribution in [0.1, 0.15) is 51.8 Å². The molecule has 4 heterocycles. The fourth-order valence-corrected chi connectivity index (χ4v) is 6.75. The smallest absolute Gasteiger partial charge is 0.389 e. The zero-order valence-electron chi connectivity index (χ0n) is 21.5. The van der Waals surface area contributed by atoms with Crippen molar-refractivity contribution in [1.29, 1.82) is 0 Å². The minimum absolute atomic E-state index is 0.0541. The molecule has 0 unspecified atom stereocenters. The number of likely N-dealkylation sites (tertiary alicyclic amines) is 1. The number of hydrogen-bond acceptors (Lipinski definition) is 8. The molecule has 1 aromatic heterocycles. The number of carbonyl (C=O) groups excluding carboxylic acids is 1. The van der Waals surface area contributed by atoms with E-state index in [4.69, 9.17) is 9.47 Å². The van der Waals surface area contributed by atoms with Gasteiger partial charge in [0.1, 0.15) is 5.82 Å². The van der Waals surface area contributed by atoms with E-state index in [2.05, 4.69) is 15.3 Å². The van der Waals surface area contributed by atoms with Gasteiger partial charge in [0.2, 0.25) is 11.7 Å². The molecule has 12 heteroatoms. The van der Waals surface area contributed by atoms with Crippen LogP contribution in [0.25, 0.3) is 0 Å². The van der Waals surface area contributed by atoms with Gasteiger partial charge in [-0.2, -0.15) is 13.2 Å². The lowest BCUT2D eigenvalue weighted by atomic mass is 9.70. The number of nitrogens with zero attached hydrogens (tertiary/aromatic N) is 4. The summed E-state index contributed by atoms with van der Waals surface area (Å²) in [6.45, 7) is 5.41. The van der Waals surface area contributed by atoms with E-state index in [9.17, 15) is 23.1 Å². The maximum atomic E-state index is 14.1. The van der Waals surface area contributed by atoms with Gasteiger partial charge in [-0.3, -0.25) is 4.79 Å². The Hall–Kier alpha value is -2.02. The lowest BCUT2D eigenvalue weighted by Gasteiger charge is -2.45. The van der Waals surface area contributed by atoms with Crippen LogP contribution in [-0.2, 0) is 20.4 Å². The summed E-state index contributed by atoms with van der Waals surface area (Å²) in [6.07, 6.45) is -0.214. The number of methoxy groups -OCH3 is 1. The molecule has 4 fully saturated rings. The van der Waals surface area contributed by atoms with E-state index >= 15 is 0 Å². The Balaban J connectivity index is 1.29. The number of nitrogens with one attached hydrogen (secondary N) is 1. The van der Waals surface area contributed by atoms with Crippen molar-refractivity contribution in [3.05, 3.63) is 18.1 Å². The fraction of sp³-hybridized carbons (Fsp3) is 0.800. The number of fused-ring (bicyclic) bond motifs is 2. The predicted octanol–water partition coefficient (Wildman–Crippen LogP) is 1.99. The number of piperazine rings is 1. The highest BCUT2D eigenvalue weighted by molar-refractivity contribution is 5.85. The monoisotopic (exact) mass is 527 g/mol. The summed E-state index contributed by atoms with van der Waals surface area (Å²) in [6, 6.07) is 1.42. The van der Waals surface area contributed by atoms with Crippen LogP contribution in [-0.4, -0.2) is 95.2 Å². The standard InChI is InChI=1S/C25H36F3N5O4/c1-23(2,35)24(7-4-15(11-24)30-18-6-9-37-14-19(18)36-3)22(34)33-13-16-10-17(33)12-32(16)20-5-8-29-21(31-20)25(26,27)28/h5,8,15-19,30,35H,4,6-7,9-14H2,1-3H3/t15-,16+,17+,18+,19-,24-/m1/s1. The van der Waals surface area contributed by atoms with Crippen LogP contribution in [0.2, 0.25) is 0 Å². The van der Waals surface area contributed by atoms with Gasteiger partial charge in [-0.15, -0.1) is 0 Å². The van der Waals surface area contributed by atoms with Crippen LogP contribution in [0.15, 0.2) is 12.3 Å². The molecule has 3 saturated heterocycles. The second-order valence-corrected chi connectivity index (χ2v) is 11.4. The van der Waals surface area contributed by atoms with Crippen molar-refractivity contribution in [3.8, 4) is 0 Å². The first-order chi connectivity index (χ1) is 17.4. The van der Waals surface area contributed by atoms with Crippen LogP contribution in [0.3, 0.4) is 0 Å². The van der Waals surface area contributed by atoms with E-state index in [1.54, 1.807) is 21.0 Å². The number of amides is 1. The van der Waals surface area contributed by atoms with Crippen LogP contribution in [0, 0.1) is 5.41 Å². The Morgan fingerprint density at radius 3 is 2.70 bits per heavy atom. The third-order valence-electron chi connectivity index (χ3n) is 8.84. The lowest BCUT2D eigenvalue weighted by Crippen LogP contribution is -2.59. The molecule has 9 nitrogen and oxygen atoms in total. The molecule has 0 radical (unpaired) electrons. The Morgan fingerprint density at radius 1 is 1.27 bits per heavy atom. The van der Waals surface area contributed by atoms with Crippen LogP contribution < -0.4 is 10.2 Å². The van der Waals surface area contributed by atoms with E-state index in [1.807, 2.05) is 9.80 Å². The first-order valence-electron chi connectivity index (χ1n) is 13.0. The van der Waals surface area contributed by atoms with Gasteiger partial charge >= 0.3 is 6.18 Å². The summed E-state index contributed by atoms with van der Waals surface area (Å²) in [4.78, 5) is 24.9. The van der Waals surface area contributed by atoms with Crippen LogP contribution >= 0.6 is 0 Å². The Kier molecular flexibility index (Phi) is 6.91. The van der Waals surface area contributed by atoms with Crippen molar-refractivity contribution in [1.82, 2.24) is 20.2 Å². The summed E-state index contributed by atoms with van der Waals surface area (Å²) in [5.41, 5.74) is -2.17. The molecule has 0 aromatic carbocycles. The number of hydrogen-bond donors (Lipinski definition) is 2. The van der Waals surface area contributed by atoms with Gasteiger partial charge in [0, 0.05) is 45.1 Å². The van der Waals surface area contributed by atoms with Crippen molar-refractivity contribution < 1.29 is 32.5 Å². The maximum Gasteiger partial charge on any atom is 0.451 e. The molecule has 1 aromatic rings. The molecular formula is C25H36F3N5O4. The molecule has 1 saturated carbocycles. The average molecular weight is 528 g/mol. The van der Waals surface area contributed by atoms with E-state index in [1.165, 1.54) is 6.07 Å². The number of aliphatic hydroxyl groups is 1. The fourth-order valence-electron chi connectivity index (χ4n) is 6.75. The number of anilines is 1. The topological polar surface area (TPSA) is 100 Å². The molecule has 6 atom stereocenters. The number of carbonyl (C=O) groups is 1. The van der Waals surface area contributed by atoms with Crippen molar-refractivity contribution in [2.45, 2.75) is 88.0 Å². The molecule has 0 spiro atoms. The van der Waals surface area contributed by atoms with Crippen molar-refractivity contribution >= 4 is 11.7 Å². The minimum Gasteiger partial charge on any atom is -0.389 e. The number of rotatable bonds is 6. The SMILES string of the molecule is CO[C@@H]1COCC[C@@H]1N[C@@H]1CC[C@@](C(=O)N2C[C@@H]3C[C@H]2CN3c2ccnc(C(F)(F)F)n2)(C(C)(C)O)C1. The van der Waals surface area contributed by atoms with E-state index in [-0.39, 0.29) is 42.0 Å². The first-order valence-corrected chi connectivity index (χ1v) is 13.0.